The second-order valence-corrected chi connectivity index (χ2v) is 4.36. The summed E-state index contributed by atoms with van der Waals surface area (Å²) >= 11 is 0. The second kappa shape index (κ2) is 3.95. The first-order valence-corrected chi connectivity index (χ1v) is 4.01. The highest BCUT2D eigenvalue weighted by molar-refractivity contribution is 4.63. The van der Waals surface area contributed by atoms with E-state index in [1.165, 1.54) is 0 Å². The molecule has 0 nitrogen and oxygen atoms in total. The summed E-state index contributed by atoms with van der Waals surface area (Å²) in [6, 6.07) is 0. The first kappa shape index (κ1) is 9.93. The van der Waals surface area contributed by atoms with Gasteiger partial charge in [0.05, 0.1) is 6.67 Å². The molecule has 0 saturated carbocycles. The molecule has 1 unspecified atom stereocenters. The van der Waals surface area contributed by atoms with Crippen molar-refractivity contribution in [3.8, 4) is 0 Å². The Morgan fingerprint density at radius 3 is 2.10 bits per heavy atom. The number of hydrogen-bond acceptors (Lipinski definition) is 0. The Kier molecular flexibility index (Phi) is 3.92. The van der Waals surface area contributed by atoms with Crippen molar-refractivity contribution in [1.82, 2.24) is 0 Å². The highest BCUT2D eigenvalue weighted by Gasteiger charge is 2.11. The van der Waals surface area contributed by atoms with Crippen LogP contribution in [0.4, 0.5) is 4.39 Å². The minimum Gasteiger partial charge on any atom is -0.251 e. The molecule has 0 bridgehead atoms. The average Bonchev–Trinajstić information content (AvgIpc) is 1.81. The molecule has 0 heterocycles. The van der Waals surface area contributed by atoms with Crippen LogP contribution in [0.15, 0.2) is 0 Å². The fraction of sp³-hybridized carbons (Fsp3) is 1.00. The van der Waals surface area contributed by atoms with E-state index in [-0.39, 0.29) is 12.6 Å². The molecule has 0 aliphatic heterocycles. The third kappa shape index (κ3) is 6.06. The first-order valence-electron chi connectivity index (χ1n) is 4.01. The Balaban J connectivity index is 3.36. The van der Waals surface area contributed by atoms with Crippen molar-refractivity contribution in [2.45, 2.75) is 40.5 Å². The molecule has 0 N–H and O–H groups in total. The fourth-order valence-electron chi connectivity index (χ4n) is 0.757. The van der Waals surface area contributed by atoms with Crippen LogP contribution in [0.5, 0.6) is 0 Å². The predicted octanol–water partition coefficient (Wildman–Crippen LogP) is 3.42. The lowest BCUT2D eigenvalue weighted by molar-refractivity contribution is 0.294. The fourth-order valence-corrected chi connectivity index (χ4v) is 0.757. The van der Waals surface area contributed by atoms with E-state index in [0.29, 0.717) is 5.41 Å². The van der Waals surface area contributed by atoms with Crippen molar-refractivity contribution in [3.05, 3.63) is 0 Å². The van der Waals surface area contributed by atoms with Crippen LogP contribution >= 0.6 is 0 Å². The Hall–Kier alpha value is -0.0700. The van der Waals surface area contributed by atoms with E-state index in [4.69, 9.17) is 0 Å². The van der Waals surface area contributed by atoms with E-state index in [2.05, 4.69) is 20.8 Å². The van der Waals surface area contributed by atoms with Gasteiger partial charge in [-0.3, -0.25) is 4.39 Å². The molecule has 0 aromatic carbocycles. The average molecular weight is 146 g/mol. The van der Waals surface area contributed by atoms with Crippen molar-refractivity contribution < 1.29 is 4.39 Å². The zero-order valence-electron chi connectivity index (χ0n) is 7.58. The molecule has 62 valence electrons. The number of rotatable bonds is 3. The number of halogens is 1. The smallest absolute Gasteiger partial charge is 0.0919 e. The summed E-state index contributed by atoms with van der Waals surface area (Å²) in [6.07, 6.45) is 2.14. The summed E-state index contributed by atoms with van der Waals surface area (Å²) in [4.78, 5) is 0. The summed E-state index contributed by atoms with van der Waals surface area (Å²) in [6.45, 7) is 8.37. The highest BCUT2D eigenvalue weighted by Crippen LogP contribution is 2.23. The summed E-state index contributed by atoms with van der Waals surface area (Å²) in [5, 5.41) is 0. The maximum absolute atomic E-state index is 12.0. The molecule has 0 saturated heterocycles. The van der Waals surface area contributed by atoms with Gasteiger partial charge in [0.15, 0.2) is 0 Å². The molecule has 0 aromatic heterocycles. The number of alkyl halides is 1. The standard InChI is InChI=1S/C9H19F/c1-8(7-10)5-6-9(2,3)4/h8H,5-7H2,1-4H3. The van der Waals surface area contributed by atoms with E-state index in [1.807, 2.05) is 6.92 Å². The molecule has 0 aromatic rings. The van der Waals surface area contributed by atoms with Gasteiger partial charge in [0, 0.05) is 0 Å². The quantitative estimate of drug-likeness (QED) is 0.572. The van der Waals surface area contributed by atoms with Gasteiger partial charge < -0.3 is 0 Å². The predicted molar refractivity (Wildman–Crippen MR) is 43.8 cm³/mol. The van der Waals surface area contributed by atoms with Gasteiger partial charge >= 0.3 is 0 Å². The van der Waals surface area contributed by atoms with Gasteiger partial charge in [-0.2, -0.15) is 0 Å². The van der Waals surface area contributed by atoms with Crippen molar-refractivity contribution in [1.29, 1.82) is 0 Å². The zero-order chi connectivity index (χ0) is 8.20. The molecular formula is C9H19F. The van der Waals surface area contributed by atoms with Gasteiger partial charge in [-0.15, -0.1) is 0 Å². The maximum atomic E-state index is 12.0. The third-order valence-electron chi connectivity index (χ3n) is 1.65. The lowest BCUT2D eigenvalue weighted by atomic mass is 9.87. The normalized spacial score (nSPS) is 15.3. The summed E-state index contributed by atoms with van der Waals surface area (Å²) in [7, 11) is 0. The van der Waals surface area contributed by atoms with Crippen LogP contribution in [0.2, 0.25) is 0 Å². The molecule has 10 heavy (non-hydrogen) atoms. The van der Waals surface area contributed by atoms with Gasteiger partial charge in [0.25, 0.3) is 0 Å². The molecule has 0 aliphatic carbocycles. The van der Waals surface area contributed by atoms with Crippen molar-refractivity contribution >= 4 is 0 Å². The van der Waals surface area contributed by atoms with Gasteiger partial charge in [-0.1, -0.05) is 27.7 Å². The highest BCUT2D eigenvalue weighted by atomic mass is 19.1. The van der Waals surface area contributed by atoms with Gasteiger partial charge in [0.2, 0.25) is 0 Å². The monoisotopic (exact) mass is 146 g/mol. The maximum Gasteiger partial charge on any atom is 0.0919 e. The van der Waals surface area contributed by atoms with Gasteiger partial charge in [-0.25, -0.2) is 0 Å². The zero-order valence-corrected chi connectivity index (χ0v) is 7.58. The summed E-state index contributed by atoms with van der Waals surface area (Å²) in [5.74, 6) is 0.249. The molecule has 0 rings (SSSR count). The lowest BCUT2D eigenvalue weighted by Gasteiger charge is -2.19. The minimum atomic E-state index is -0.171. The second-order valence-electron chi connectivity index (χ2n) is 4.36. The number of hydrogen-bond donors (Lipinski definition) is 0. The van der Waals surface area contributed by atoms with Crippen LogP contribution in [0, 0.1) is 11.3 Å². The molecule has 0 radical (unpaired) electrons. The van der Waals surface area contributed by atoms with E-state index in [9.17, 15) is 4.39 Å². The van der Waals surface area contributed by atoms with E-state index >= 15 is 0 Å². The molecule has 0 amide bonds. The van der Waals surface area contributed by atoms with Crippen LogP contribution in [-0.2, 0) is 0 Å². The molecule has 0 fully saturated rings. The van der Waals surface area contributed by atoms with Crippen LogP contribution in [0.25, 0.3) is 0 Å². The van der Waals surface area contributed by atoms with E-state index < -0.39 is 0 Å². The lowest BCUT2D eigenvalue weighted by Crippen LogP contribution is -2.08. The van der Waals surface area contributed by atoms with E-state index in [1.54, 1.807) is 0 Å². The van der Waals surface area contributed by atoms with Crippen LogP contribution in [0.3, 0.4) is 0 Å². The van der Waals surface area contributed by atoms with Gasteiger partial charge in [0.1, 0.15) is 0 Å². The van der Waals surface area contributed by atoms with Crippen molar-refractivity contribution in [2.75, 3.05) is 6.67 Å². The molecular weight excluding hydrogens is 127 g/mol. The minimum absolute atomic E-state index is 0.171. The van der Waals surface area contributed by atoms with Crippen molar-refractivity contribution in [3.63, 3.8) is 0 Å². The van der Waals surface area contributed by atoms with Crippen LogP contribution in [-0.4, -0.2) is 6.67 Å². The Morgan fingerprint density at radius 2 is 1.80 bits per heavy atom. The van der Waals surface area contributed by atoms with Crippen LogP contribution in [0.1, 0.15) is 40.5 Å². The summed E-state index contributed by atoms with van der Waals surface area (Å²) < 4.78 is 12.0. The Bertz CT molecular complexity index is 81.2. The van der Waals surface area contributed by atoms with Crippen molar-refractivity contribution in [2.24, 2.45) is 11.3 Å². The van der Waals surface area contributed by atoms with E-state index in [0.717, 1.165) is 12.8 Å². The Morgan fingerprint density at radius 1 is 1.30 bits per heavy atom. The Labute approximate surface area is 63.8 Å². The topological polar surface area (TPSA) is 0 Å². The third-order valence-corrected chi connectivity index (χ3v) is 1.65. The largest absolute Gasteiger partial charge is 0.251 e. The van der Waals surface area contributed by atoms with Crippen LogP contribution < -0.4 is 0 Å². The summed E-state index contributed by atoms with van der Waals surface area (Å²) in [5.41, 5.74) is 0.365. The van der Waals surface area contributed by atoms with Gasteiger partial charge in [-0.05, 0) is 24.2 Å². The molecule has 0 aliphatic rings. The SMILES string of the molecule is CC(CF)CCC(C)(C)C. The first-order chi connectivity index (χ1) is 4.45. The molecule has 1 atom stereocenters. The molecule has 1 heteroatoms. The molecule has 0 spiro atoms.